The van der Waals surface area contributed by atoms with Crippen molar-refractivity contribution >= 4 is 11.8 Å². The molecule has 5 rings (SSSR count). The topological polar surface area (TPSA) is 49.4 Å². The largest absolute Gasteiger partial charge is 0.349 e. The SMILES string of the molecule is CC1CCCC(C)N1C(=O)C1=CC[C@H]2[C@@H]3CC[C@H]4NC(=O)C=C[C@]4(C)[C@H]3CC[C@]12C. The second kappa shape index (κ2) is 6.97. The van der Waals surface area contributed by atoms with Gasteiger partial charge in [-0.2, -0.15) is 0 Å². The highest BCUT2D eigenvalue weighted by molar-refractivity contribution is 5.96. The molecule has 30 heavy (non-hydrogen) atoms. The van der Waals surface area contributed by atoms with Gasteiger partial charge in [0, 0.05) is 34.5 Å². The fourth-order valence-electron chi connectivity index (χ4n) is 8.19. The van der Waals surface area contributed by atoms with Crippen molar-refractivity contribution in [2.45, 2.75) is 97.2 Å². The summed E-state index contributed by atoms with van der Waals surface area (Å²) in [6.45, 7) is 9.20. The molecule has 3 fully saturated rings. The van der Waals surface area contributed by atoms with Crippen molar-refractivity contribution in [1.82, 2.24) is 10.2 Å². The van der Waals surface area contributed by atoms with Crippen LogP contribution in [0.2, 0.25) is 0 Å². The maximum atomic E-state index is 13.8. The molecule has 2 unspecified atom stereocenters. The molecule has 1 saturated heterocycles. The van der Waals surface area contributed by atoms with Crippen LogP contribution in [0.15, 0.2) is 23.8 Å². The molecular formula is C26H38N2O2. The number of allylic oxidation sites excluding steroid dienone is 1. The van der Waals surface area contributed by atoms with E-state index in [9.17, 15) is 9.59 Å². The molecule has 2 heterocycles. The van der Waals surface area contributed by atoms with Crippen LogP contribution in [0.4, 0.5) is 0 Å². The molecule has 2 aliphatic heterocycles. The van der Waals surface area contributed by atoms with Gasteiger partial charge in [0.2, 0.25) is 5.91 Å². The van der Waals surface area contributed by atoms with Gasteiger partial charge in [-0.3, -0.25) is 9.59 Å². The monoisotopic (exact) mass is 410 g/mol. The fraction of sp³-hybridized carbons (Fsp3) is 0.769. The van der Waals surface area contributed by atoms with Crippen molar-refractivity contribution in [3.05, 3.63) is 23.8 Å². The number of nitrogens with zero attached hydrogens (tertiary/aromatic N) is 1. The maximum absolute atomic E-state index is 13.8. The lowest BCUT2D eigenvalue weighted by atomic mass is 9.48. The van der Waals surface area contributed by atoms with Crippen LogP contribution >= 0.6 is 0 Å². The van der Waals surface area contributed by atoms with Gasteiger partial charge in [0.15, 0.2) is 0 Å². The number of amides is 2. The van der Waals surface area contributed by atoms with E-state index < -0.39 is 0 Å². The number of hydrogen-bond donors (Lipinski definition) is 1. The Hall–Kier alpha value is -1.58. The first kappa shape index (κ1) is 20.3. The standard InChI is InChI=1S/C26H38N2O2/c1-16-6-5-7-17(2)28(16)24(30)21-10-9-19-18-8-11-22-26(4,15-13-23(29)27-22)20(18)12-14-25(19,21)3/h10,13,15-20,22H,5-9,11-12,14H2,1-4H3,(H,27,29)/t16?,17?,18-,19-,20-,22+,25-,26+/m0/s1. The average Bonchev–Trinajstić information content (AvgIpc) is 3.05. The Kier molecular flexibility index (Phi) is 4.72. The molecule has 3 aliphatic carbocycles. The summed E-state index contributed by atoms with van der Waals surface area (Å²) in [5.74, 6) is 2.19. The van der Waals surface area contributed by atoms with Gasteiger partial charge in [-0.1, -0.05) is 26.0 Å². The van der Waals surface area contributed by atoms with Gasteiger partial charge < -0.3 is 10.2 Å². The minimum atomic E-state index is 0.0139. The van der Waals surface area contributed by atoms with Gasteiger partial charge in [0.25, 0.3) is 5.91 Å². The predicted molar refractivity (Wildman–Crippen MR) is 119 cm³/mol. The summed E-state index contributed by atoms with van der Waals surface area (Å²) in [4.78, 5) is 27.9. The first-order chi connectivity index (χ1) is 14.3. The molecular weight excluding hydrogens is 372 g/mol. The van der Waals surface area contributed by atoms with E-state index in [-0.39, 0.29) is 22.8 Å². The molecule has 5 aliphatic rings. The highest BCUT2D eigenvalue weighted by atomic mass is 16.2. The van der Waals surface area contributed by atoms with E-state index in [1.807, 2.05) is 0 Å². The zero-order chi connectivity index (χ0) is 21.3. The Bertz CT molecular complexity index is 806. The van der Waals surface area contributed by atoms with Crippen molar-refractivity contribution in [3.8, 4) is 0 Å². The smallest absolute Gasteiger partial charge is 0.250 e. The lowest BCUT2D eigenvalue weighted by Gasteiger charge is -2.58. The van der Waals surface area contributed by atoms with Crippen LogP contribution in [0.25, 0.3) is 0 Å². The summed E-state index contributed by atoms with van der Waals surface area (Å²) in [7, 11) is 0. The number of carbonyl (C=O) groups is 2. The number of fused-ring (bicyclic) bond motifs is 5. The Labute approximate surface area is 181 Å². The number of piperidine rings is 1. The second-order valence-electron chi connectivity index (χ2n) is 11.4. The molecule has 2 amide bonds. The van der Waals surface area contributed by atoms with Gasteiger partial charge in [0.1, 0.15) is 0 Å². The van der Waals surface area contributed by atoms with Crippen LogP contribution in [-0.2, 0) is 9.59 Å². The van der Waals surface area contributed by atoms with Crippen LogP contribution < -0.4 is 5.32 Å². The van der Waals surface area contributed by atoms with E-state index in [0.29, 0.717) is 35.7 Å². The zero-order valence-corrected chi connectivity index (χ0v) is 19.1. The molecule has 0 aromatic heterocycles. The normalized spacial score (nSPS) is 47.7. The molecule has 0 aromatic carbocycles. The van der Waals surface area contributed by atoms with Crippen molar-refractivity contribution in [2.75, 3.05) is 0 Å². The number of rotatable bonds is 1. The average molecular weight is 411 g/mol. The third-order valence-electron chi connectivity index (χ3n) is 9.93. The second-order valence-corrected chi connectivity index (χ2v) is 11.4. The van der Waals surface area contributed by atoms with Crippen LogP contribution in [0.3, 0.4) is 0 Å². The van der Waals surface area contributed by atoms with Crippen LogP contribution in [-0.4, -0.2) is 34.8 Å². The maximum Gasteiger partial charge on any atom is 0.250 e. The van der Waals surface area contributed by atoms with Crippen molar-refractivity contribution < 1.29 is 9.59 Å². The molecule has 8 atom stereocenters. The van der Waals surface area contributed by atoms with Crippen molar-refractivity contribution in [2.24, 2.45) is 28.6 Å². The fourth-order valence-corrected chi connectivity index (χ4v) is 8.19. The highest BCUT2D eigenvalue weighted by Gasteiger charge is 2.59. The lowest BCUT2D eigenvalue weighted by Crippen LogP contribution is -2.59. The van der Waals surface area contributed by atoms with E-state index in [0.717, 1.165) is 44.1 Å². The van der Waals surface area contributed by atoms with E-state index in [4.69, 9.17) is 0 Å². The van der Waals surface area contributed by atoms with Crippen LogP contribution in [0, 0.1) is 28.6 Å². The first-order valence-electron chi connectivity index (χ1n) is 12.3. The number of carbonyl (C=O) groups excluding carboxylic acids is 2. The molecule has 0 bridgehead atoms. The van der Waals surface area contributed by atoms with Gasteiger partial charge >= 0.3 is 0 Å². The number of likely N-dealkylation sites (tertiary alicyclic amines) is 1. The van der Waals surface area contributed by atoms with Gasteiger partial charge in [-0.25, -0.2) is 0 Å². The quantitative estimate of drug-likeness (QED) is 0.686. The number of hydrogen-bond acceptors (Lipinski definition) is 2. The minimum absolute atomic E-state index is 0.0139. The molecule has 0 radical (unpaired) electrons. The molecule has 1 N–H and O–H groups in total. The Morgan fingerprint density at radius 3 is 2.53 bits per heavy atom. The molecule has 4 heteroatoms. The molecule has 0 aromatic rings. The summed E-state index contributed by atoms with van der Waals surface area (Å²) in [5.41, 5.74) is 1.19. The van der Waals surface area contributed by atoms with Crippen molar-refractivity contribution in [3.63, 3.8) is 0 Å². The Balaban J connectivity index is 1.41. The van der Waals surface area contributed by atoms with Crippen molar-refractivity contribution in [1.29, 1.82) is 0 Å². The highest BCUT2D eigenvalue weighted by Crippen LogP contribution is 2.63. The Morgan fingerprint density at radius 2 is 1.80 bits per heavy atom. The molecule has 0 spiro atoms. The summed E-state index contributed by atoms with van der Waals surface area (Å²) in [6, 6.07) is 0.976. The zero-order valence-electron chi connectivity index (χ0n) is 19.1. The summed E-state index contributed by atoms with van der Waals surface area (Å²) >= 11 is 0. The predicted octanol–water partition coefficient (Wildman–Crippen LogP) is 4.61. The molecule has 4 nitrogen and oxygen atoms in total. The molecule has 2 saturated carbocycles. The van der Waals surface area contributed by atoms with Crippen LogP contribution in [0.5, 0.6) is 0 Å². The van der Waals surface area contributed by atoms with Gasteiger partial charge in [-0.15, -0.1) is 0 Å². The summed E-state index contributed by atoms with van der Waals surface area (Å²) in [5, 5.41) is 3.24. The van der Waals surface area contributed by atoms with E-state index in [1.54, 1.807) is 6.08 Å². The van der Waals surface area contributed by atoms with E-state index >= 15 is 0 Å². The molecule has 164 valence electrons. The third-order valence-corrected chi connectivity index (χ3v) is 9.93. The third kappa shape index (κ3) is 2.78. The summed E-state index contributed by atoms with van der Waals surface area (Å²) in [6.07, 6.45) is 15.3. The van der Waals surface area contributed by atoms with Gasteiger partial charge in [0.05, 0.1) is 0 Å². The van der Waals surface area contributed by atoms with E-state index in [2.05, 4.69) is 50.1 Å². The summed E-state index contributed by atoms with van der Waals surface area (Å²) < 4.78 is 0. The van der Waals surface area contributed by atoms with Gasteiger partial charge in [-0.05, 0) is 89.0 Å². The van der Waals surface area contributed by atoms with Crippen LogP contribution in [0.1, 0.15) is 79.1 Å². The van der Waals surface area contributed by atoms with E-state index in [1.165, 1.54) is 12.8 Å². The Morgan fingerprint density at radius 1 is 1.07 bits per heavy atom. The number of nitrogens with one attached hydrogen (secondary N) is 1. The first-order valence-corrected chi connectivity index (χ1v) is 12.3. The lowest BCUT2D eigenvalue weighted by molar-refractivity contribution is -0.136. The minimum Gasteiger partial charge on any atom is -0.349 e.